The van der Waals surface area contributed by atoms with Crippen LogP contribution >= 0.6 is 24.2 Å². The van der Waals surface area contributed by atoms with Gasteiger partial charge in [0.1, 0.15) is 0 Å². The number of nitrogens with one attached hydrogen (secondary N) is 1. The van der Waals surface area contributed by atoms with Crippen molar-refractivity contribution in [2.45, 2.75) is 37.8 Å². The number of carbonyl (C=O) groups excluding carboxylic acids is 1. The number of guanidine groups is 1. The molecule has 0 bridgehead atoms. The van der Waals surface area contributed by atoms with Crippen molar-refractivity contribution in [3.63, 3.8) is 0 Å². The molecule has 0 heterocycles. The summed E-state index contributed by atoms with van der Waals surface area (Å²) in [4.78, 5) is 11.8. The normalized spacial score (nSPS) is 16.1. The van der Waals surface area contributed by atoms with Crippen LogP contribution in [-0.2, 0) is 6.18 Å². The Balaban J connectivity index is 0.00000264. The monoisotopic (exact) mass is 369 g/mol. The quantitative estimate of drug-likeness (QED) is 0.611. The molecule has 3 N–H and O–H groups in total. The summed E-state index contributed by atoms with van der Waals surface area (Å²) >= 11 is 5.07. The van der Waals surface area contributed by atoms with E-state index >= 15 is 0 Å². The van der Waals surface area contributed by atoms with Crippen LogP contribution in [0.1, 0.15) is 53.1 Å². The Labute approximate surface area is 142 Å². The fourth-order valence-corrected chi connectivity index (χ4v) is 2.79. The topological polar surface area (TPSA) is 67.5 Å². The van der Waals surface area contributed by atoms with E-state index in [4.69, 9.17) is 17.5 Å². The third kappa shape index (κ3) is 4.75. The number of alkyl halides is 3. The smallest absolute Gasteiger partial charge is 0.369 e. The summed E-state index contributed by atoms with van der Waals surface area (Å²) in [5.74, 6) is -1.27. The highest BCUT2D eigenvalue weighted by Crippen LogP contribution is 2.41. The van der Waals surface area contributed by atoms with Crippen molar-refractivity contribution in [3.8, 4) is 0 Å². The van der Waals surface area contributed by atoms with Crippen LogP contribution < -0.4 is 11.1 Å². The van der Waals surface area contributed by atoms with Crippen molar-refractivity contribution in [1.82, 2.24) is 5.32 Å². The molecular weight excluding hydrogens is 354 g/mol. The number of rotatable bonds is 2. The van der Waals surface area contributed by atoms with Crippen molar-refractivity contribution < 1.29 is 18.0 Å². The average Bonchev–Trinajstić information content (AvgIpc) is 2.99. The second-order valence-corrected chi connectivity index (χ2v) is 5.37. The Hall–Kier alpha value is -1.47. The molecule has 2 rings (SSSR count). The highest BCUT2D eigenvalue weighted by Gasteiger charge is 2.36. The van der Waals surface area contributed by atoms with Gasteiger partial charge in [0.2, 0.25) is 5.96 Å². The minimum Gasteiger partial charge on any atom is -0.369 e. The lowest BCUT2D eigenvalue weighted by atomic mass is 9.91. The molecule has 0 saturated heterocycles. The molecule has 1 saturated carbocycles. The number of halogens is 5. The molecule has 0 aliphatic heterocycles. The molecule has 4 nitrogen and oxygen atoms in total. The molecular formula is C14H16Cl2F3N3O. The van der Waals surface area contributed by atoms with Gasteiger partial charge in [0, 0.05) is 17.3 Å². The van der Waals surface area contributed by atoms with Gasteiger partial charge in [0.25, 0.3) is 5.91 Å². The first kappa shape index (κ1) is 19.6. The highest BCUT2D eigenvalue weighted by atomic mass is 35.5. The first-order valence-corrected chi connectivity index (χ1v) is 7.13. The minimum absolute atomic E-state index is 0. The Bertz CT molecular complexity index is 599. The Morgan fingerprint density at radius 2 is 1.91 bits per heavy atom. The summed E-state index contributed by atoms with van der Waals surface area (Å²) in [7, 11) is 0. The van der Waals surface area contributed by atoms with Gasteiger partial charge in [-0.3, -0.25) is 10.1 Å². The van der Waals surface area contributed by atoms with Crippen molar-refractivity contribution in [2.75, 3.05) is 0 Å². The number of nitrogens with zero attached hydrogens (tertiary/aromatic N) is 1. The second-order valence-electron chi connectivity index (χ2n) is 5.21. The molecule has 0 radical (unpaired) electrons. The molecule has 0 aromatic heterocycles. The third-order valence-corrected chi connectivity index (χ3v) is 3.93. The van der Waals surface area contributed by atoms with Crippen LogP contribution in [0, 0.1) is 0 Å². The van der Waals surface area contributed by atoms with E-state index in [1.807, 2.05) is 0 Å². The van der Waals surface area contributed by atoms with Gasteiger partial charge in [-0.15, -0.1) is 16.9 Å². The van der Waals surface area contributed by atoms with Crippen molar-refractivity contribution >= 4 is 36.1 Å². The maximum absolute atomic E-state index is 13.3. The predicted octanol–water partition coefficient (Wildman–Crippen LogP) is 3.98. The summed E-state index contributed by atoms with van der Waals surface area (Å²) in [6, 6.07) is 3.59. The van der Waals surface area contributed by atoms with Crippen LogP contribution in [0.3, 0.4) is 0 Å². The number of hydrogen-bond donors (Lipinski definition) is 2. The lowest BCUT2D eigenvalue weighted by Crippen LogP contribution is -2.36. The zero-order valence-corrected chi connectivity index (χ0v) is 13.6. The van der Waals surface area contributed by atoms with Crippen molar-refractivity contribution in [1.29, 1.82) is 0 Å². The fraction of sp³-hybridized carbons (Fsp3) is 0.429. The van der Waals surface area contributed by atoms with Crippen LogP contribution in [0.5, 0.6) is 0 Å². The summed E-state index contributed by atoms with van der Waals surface area (Å²) in [6.45, 7) is 0. The molecule has 0 atom stereocenters. The molecule has 128 valence electrons. The SMILES string of the molecule is Cl.NC(=NCl)NC(=O)c1ccc(C2CCCC2)c(C(F)(F)F)c1. The highest BCUT2D eigenvalue weighted by molar-refractivity contribution is 6.21. The van der Waals surface area contributed by atoms with Crippen molar-refractivity contribution in [2.24, 2.45) is 10.2 Å². The van der Waals surface area contributed by atoms with Gasteiger partial charge in [0.15, 0.2) is 0 Å². The zero-order valence-electron chi connectivity index (χ0n) is 12.0. The molecule has 1 aliphatic rings. The summed E-state index contributed by atoms with van der Waals surface area (Å²) in [5, 5.41) is 2.10. The lowest BCUT2D eigenvalue weighted by molar-refractivity contribution is -0.138. The van der Waals surface area contributed by atoms with Gasteiger partial charge in [-0.2, -0.15) is 13.2 Å². The lowest BCUT2D eigenvalue weighted by Gasteiger charge is -2.18. The standard InChI is InChI=1S/C14H15ClF3N3O.ClH/c15-21-13(19)20-12(22)9-5-6-10(8-3-1-2-4-8)11(7-9)14(16,17)18;/h5-8H,1-4H2,(H3,19,20,21,22);1H. The number of hydrogen-bond acceptors (Lipinski definition) is 2. The van der Waals surface area contributed by atoms with E-state index in [0.717, 1.165) is 31.7 Å². The largest absolute Gasteiger partial charge is 0.416 e. The van der Waals surface area contributed by atoms with Crippen LogP contribution in [0.4, 0.5) is 13.2 Å². The Morgan fingerprint density at radius 3 is 2.43 bits per heavy atom. The molecule has 0 unspecified atom stereocenters. The van der Waals surface area contributed by atoms with Gasteiger partial charge in [-0.25, -0.2) is 0 Å². The number of carbonyl (C=O) groups is 1. The summed E-state index contributed by atoms with van der Waals surface area (Å²) < 4.78 is 42.8. The van der Waals surface area contributed by atoms with E-state index in [1.165, 1.54) is 12.1 Å². The van der Waals surface area contributed by atoms with Crippen LogP contribution in [0.2, 0.25) is 0 Å². The maximum atomic E-state index is 13.3. The van der Waals surface area contributed by atoms with E-state index < -0.39 is 17.6 Å². The summed E-state index contributed by atoms with van der Waals surface area (Å²) in [6.07, 6.45) is -1.19. The number of benzene rings is 1. The first-order chi connectivity index (χ1) is 10.3. The molecule has 1 fully saturated rings. The predicted molar refractivity (Wildman–Crippen MR) is 84.8 cm³/mol. The first-order valence-electron chi connectivity index (χ1n) is 6.80. The van der Waals surface area contributed by atoms with E-state index in [0.29, 0.717) is 0 Å². The fourth-order valence-electron chi connectivity index (χ4n) is 2.75. The maximum Gasteiger partial charge on any atom is 0.416 e. The third-order valence-electron chi connectivity index (χ3n) is 3.75. The molecule has 23 heavy (non-hydrogen) atoms. The summed E-state index contributed by atoms with van der Waals surface area (Å²) in [5.41, 5.74) is 4.57. The zero-order chi connectivity index (χ0) is 16.3. The van der Waals surface area contributed by atoms with Gasteiger partial charge in [-0.1, -0.05) is 18.9 Å². The van der Waals surface area contributed by atoms with Crippen molar-refractivity contribution in [3.05, 3.63) is 34.9 Å². The second kappa shape index (κ2) is 7.88. The molecule has 0 spiro atoms. The van der Waals surface area contributed by atoms with E-state index in [1.54, 1.807) is 0 Å². The van der Waals surface area contributed by atoms with Crippen LogP contribution in [0.25, 0.3) is 0 Å². The van der Waals surface area contributed by atoms with Crippen LogP contribution in [0.15, 0.2) is 22.7 Å². The van der Waals surface area contributed by atoms with Gasteiger partial charge in [-0.05, 0) is 36.5 Å². The molecule has 1 amide bonds. The molecule has 1 aromatic carbocycles. The minimum atomic E-state index is -4.51. The van der Waals surface area contributed by atoms with Gasteiger partial charge in [0.05, 0.1) is 5.56 Å². The Morgan fingerprint density at radius 1 is 1.30 bits per heavy atom. The molecule has 1 aliphatic carbocycles. The average molecular weight is 370 g/mol. The van der Waals surface area contributed by atoms with E-state index in [2.05, 4.69) is 9.83 Å². The van der Waals surface area contributed by atoms with Gasteiger partial charge >= 0.3 is 6.18 Å². The molecule has 9 heteroatoms. The van der Waals surface area contributed by atoms with Crippen LogP contribution in [-0.4, -0.2) is 11.9 Å². The number of nitrogens with two attached hydrogens (primary N) is 1. The Kier molecular flexibility index (Phi) is 6.70. The molecule has 1 aromatic rings. The van der Waals surface area contributed by atoms with E-state index in [-0.39, 0.29) is 35.4 Å². The van der Waals surface area contributed by atoms with Gasteiger partial charge < -0.3 is 5.73 Å². The van der Waals surface area contributed by atoms with E-state index in [9.17, 15) is 18.0 Å². The number of amides is 1.